The SMILES string of the molecule is Cc1ccc2cc[n+](C)c(-c3cc(C4CCCCC4)cc(C4CCCCC4)c3C)c2c1. The fraction of sp³-hybridized carbons (Fsp3) is 0.500. The number of hydrogen-bond donors (Lipinski definition) is 0. The van der Waals surface area contributed by atoms with Crippen molar-refractivity contribution in [1.29, 1.82) is 0 Å². The Morgan fingerprint density at radius 2 is 1.42 bits per heavy atom. The maximum atomic E-state index is 2.64. The van der Waals surface area contributed by atoms with Gasteiger partial charge in [-0.1, -0.05) is 62.3 Å². The van der Waals surface area contributed by atoms with E-state index in [9.17, 15) is 0 Å². The summed E-state index contributed by atoms with van der Waals surface area (Å²) in [7, 11) is 2.23. The lowest BCUT2D eigenvalue weighted by Crippen LogP contribution is -2.31. The fourth-order valence-electron chi connectivity index (χ4n) is 6.33. The average Bonchev–Trinajstić information content (AvgIpc) is 2.81. The molecule has 0 aliphatic heterocycles. The normalized spacial score (nSPS) is 18.5. The van der Waals surface area contributed by atoms with E-state index in [0.29, 0.717) is 0 Å². The number of aromatic nitrogens is 1. The Bertz CT molecular complexity index is 1080. The van der Waals surface area contributed by atoms with Crippen molar-refractivity contribution in [3.63, 3.8) is 0 Å². The van der Waals surface area contributed by atoms with Crippen LogP contribution in [0.3, 0.4) is 0 Å². The maximum absolute atomic E-state index is 2.64. The first-order chi connectivity index (χ1) is 15.1. The number of nitrogens with zero attached hydrogens (tertiary/aromatic N) is 1. The second kappa shape index (κ2) is 8.77. The Kier molecular flexibility index (Phi) is 5.87. The first-order valence-corrected chi connectivity index (χ1v) is 12.7. The summed E-state index contributed by atoms with van der Waals surface area (Å²) in [5.41, 5.74) is 9.01. The summed E-state index contributed by atoms with van der Waals surface area (Å²) in [6.07, 6.45) is 16.2. The van der Waals surface area contributed by atoms with E-state index in [1.807, 2.05) is 0 Å². The minimum Gasteiger partial charge on any atom is -0.200 e. The van der Waals surface area contributed by atoms with E-state index < -0.39 is 0 Å². The third-order valence-corrected chi connectivity index (χ3v) is 8.14. The van der Waals surface area contributed by atoms with Crippen molar-refractivity contribution >= 4 is 10.8 Å². The molecule has 2 saturated carbocycles. The summed E-state index contributed by atoms with van der Waals surface area (Å²) in [6, 6.07) is 14.4. The molecule has 1 aromatic heterocycles. The number of rotatable bonds is 3. The molecular formula is C30H38N+. The molecule has 0 N–H and O–H groups in total. The topological polar surface area (TPSA) is 3.88 Å². The molecular weight excluding hydrogens is 374 g/mol. The average molecular weight is 413 g/mol. The van der Waals surface area contributed by atoms with Crippen LogP contribution in [0.4, 0.5) is 0 Å². The standard InChI is InChI=1S/C30H38N/c1-21-14-15-25-16-17-31(3)30(29(25)18-21)28-20-26(23-10-6-4-7-11-23)19-27(22(28)2)24-12-8-5-9-13-24/h14-20,23-24H,4-13H2,1-3H3/q+1. The minimum atomic E-state index is 0.748. The second-order valence-electron chi connectivity index (χ2n) is 10.3. The molecule has 5 rings (SSSR count). The van der Waals surface area contributed by atoms with Gasteiger partial charge < -0.3 is 0 Å². The molecule has 0 saturated heterocycles. The summed E-state index contributed by atoms with van der Waals surface area (Å²) >= 11 is 0. The van der Waals surface area contributed by atoms with Crippen molar-refractivity contribution in [3.8, 4) is 11.3 Å². The molecule has 3 aromatic rings. The Hall–Kier alpha value is -2.15. The lowest BCUT2D eigenvalue weighted by molar-refractivity contribution is -0.659. The van der Waals surface area contributed by atoms with Crippen LogP contribution in [0.1, 0.15) is 98.3 Å². The van der Waals surface area contributed by atoms with Gasteiger partial charge in [-0.05, 0) is 85.6 Å². The van der Waals surface area contributed by atoms with Crippen molar-refractivity contribution in [2.45, 2.75) is 89.9 Å². The molecule has 0 amide bonds. The van der Waals surface area contributed by atoms with Gasteiger partial charge in [-0.3, -0.25) is 0 Å². The number of aryl methyl sites for hydroxylation is 2. The van der Waals surface area contributed by atoms with Gasteiger partial charge in [0.25, 0.3) is 0 Å². The molecule has 0 atom stereocenters. The van der Waals surface area contributed by atoms with E-state index in [2.05, 4.69) is 68.1 Å². The molecule has 2 aromatic carbocycles. The van der Waals surface area contributed by atoms with Crippen LogP contribution in [-0.4, -0.2) is 0 Å². The van der Waals surface area contributed by atoms with Crippen molar-refractivity contribution in [3.05, 3.63) is 64.8 Å². The largest absolute Gasteiger partial charge is 0.220 e. The molecule has 0 radical (unpaired) electrons. The van der Waals surface area contributed by atoms with E-state index in [4.69, 9.17) is 0 Å². The zero-order chi connectivity index (χ0) is 21.4. The molecule has 1 heterocycles. The Morgan fingerprint density at radius 3 is 2.13 bits per heavy atom. The lowest BCUT2D eigenvalue weighted by Gasteiger charge is -2.28. The predicted octanol–water partition coefficient (Wildman–Crippen LogP) is 8.04. The molecule has 0 unspecified atom stereocenters. The summed E-state index contributed by atoms with van der Waals surface area (Å²) in [6.45, 7) is 4.62. The lowest BCUT2D eigenvalue weighted by atomic mass is 9.76. The second-order valence-corrected chi connectivity index (χ2v) is 10.3. The maximum Gasteiger partial charge on any atom is 0.220 e. The van der Waals surface area contributed by atoms with E-state index in [1.165, 1.54) is 97.4 Å². The van der Waals surface area contributed by atoms with Gasteiger partial charge in [-0.15, -0.1) is 0 Å². The van der Waals surface area contributed by atoms with Crippen molar-refractivity contribution < 1.29 is 4.57 Å². The van der Waals surface area contributed by atoms with Gasteiger partial charge in [0.1, 0.15) is 7.05 Å². The van der Waals surface area contributed by atoms with Crippen LogP contribution in [0.25, 0.3) is 22.0 Å². The van der Waals surface area contributed by atoms with Crippen molar-refractivity contribution in [1.82, 2.24) is 0 Å². The van der Waals surface area contributed by atoms with Crippen LogP contribution in [-0.2, 0) is 7.05 Å². The van der Waals surface area contributed by atoms with Crippen LogP contribution in [0.5, 0.6) is 0 Å². The fourth-order valence-corrected chi connectivity index (χ4v) is 6.33. The monoisotopic (exact) mass is 412 g/mol. The zero-order valence-corrected chi connectivity index (χ0v) is 19.7. The van der Waals surface area contributed by atoms with Gasteiger partial charge in [0.2, 0.25) is 5.69 Å². The Balaban J connectivity index is 1.73. The Morgan fingerprint density at radius 1 is 0.742 bits per heavy atom. The molecule has 1 heteroatoms. The first kappa shape index (κ1) is 20.7. The van der Waals surface area contributed by atoms with Crippen LogP contribution in [0.2, 0.25) is 0 Å². The summed E-state index contributed by atoms with van der Waals surface area (Å²) in [4.78, 5) is 0. The molecule has 2 aliphatic rings. The third-order valence-electron chi connectivity index (χ3n) is 8.14. The van der Waals surface area contributed by atoms with Crippen LogP contribution in [0, 0.1) is 13.8 Å². The zero-order valence-electron chi connectivity index (χ0n) is 19.7. The van der Waals surface area contributed by atoms with Gasteiger partial charge in [-0.2, -0.15) is 0 Å². The van der Waals surface area contributed by atoms with E-state index in [1.54, 1.807) is 11.1 Å². The number of fused-ring (bicyclic) bond motifs is 1. The molecule has 0 bridgehead atoms. The van der Waals surface area contributed by atoms with Gasteiger partial charge in [0.15, 0.2) is 6.20 Å². The number of benzene rings is 2. The molecule has 2 aliphatic carbocycles. The first-order valence-electron chi connectivity index (χ1n) is 12.7. The molecule has 162 valence electrons. The highest BCUT2D eigenvalue weighted by Crippen LogP contribution is 2.42. The van der Waals surface area contributed by atoms with Crippen LogP contribution >= 0.6 is 0 Å². The summed E-state index contributed by atoms with van der Waals surface area (Å²) in [5.74, 6) is 1.50. The Labute approximate surface area is 188 Å². The molecule has 2 fully saturated rings. The minimum absolute atomic E-state index is 0.748. The van der Waals surface area contributed by atoms with E-state index in [0.717, 1.165) is 11.8 Å². The highest BCUT2D eigenvalue weighted by Gasteiger charge is 2.26. The highest BCUT2D eigenvalue weighted by molar-refractivity contribution is 5.94. The van der Waals surface area contributed by atoms with Crippen molar-refractivity contribution in [2.24, 2.45) is 7.05 Å². The highest BCUT2D eigenvalue weighted by atomic mass is 14.9. The van der Waals surface area contributed by atoms with Crippen LogP contribution in [0.15, 0.2) is 42.6 Å². The smallest absolute Gasteiger partial charge is 0.200 e. The quantitative estimate of drug-likeness (QED) is 0.383. The number of pyridine rings is 1. The van der Waals surface area contributed by atoms with Gasteiger partial charge >= 0.3 is 0 Å². The van der Waals surface area contributed by atoms with Crippen molar-refractivity contribution in [2.75, 3.05) is 0 Å². The summed E-state index contributed by atoms with van der Waals surface area (Å²) in [5, 5.41) is 2.74. The van der Waals surface area contributed by atoms with Gasteiger partial charge in [-0.25, -0.2) is 4.57 Å². The number of hydrogen-bond acceptors (Lipinski definition) is 0. The van der Waals surface area contributed by atoms with E-state index in [-0.39, 0.29) is 0 Å². The molecule has 0 spiro atoms. The third kappa shape index (κ3) is 4.04. The molecule has 31 heavy (non-hydrogen) atoms. The summed E-state index contributed by atoms with van der Waals surface area (Å²) < 4.78 is 2.36. The predicted molar refractivity (Wildman–Crippen MR) is 132 cm³/mol. The van der Waals surface area contributed by atoms with Crippen LogP contribution < -0.4 is 4.57 Å². The van der Waals surface area contributed by atoms with E-state index >= 15 is 0 Å². The van der Waals surface area contributed by atoms with Gasteiger partial charge in [0.05, 0.1) is 10.9 Å². The van der Waals surface area contributed by atoms with Gasteiger partial charge in [0, 0.05) is 6.07 Å². The molecule has 1 nitrogen and oxygen atoms in total.